The van der Waals surface area contributed by atoms with E-state index in [1.807, 2.05) is 0 Å². The normalized spacial score (nSPS) is 11.3. The van der Waals surface area contributed by atoms with Crippen molar-refractivity contribution in [2.45, 2.75) is 25.3 Å². The number of carbonyl (C=O) groups is 2. The third-order valence-corrected chi connectivity index (χ3v) is 1.77. The van der Waals surface area contributed by atoms with Crippen molar-refractivity contribution in [1.82, 2.24) is 10.6 Å². The second kappa shape index (κ2) is 8.08. The number of nitrogens with two attached hydrogens (primary N) is 1. The summed E-state index contributed by atoms with van der Waals surface area (Å²) in [6.07, 6.45) is 1.72. The molecule has 0 saturated heterocycles. The minimum atomic E-state index is -1.26. The predicted octanol–water partition coefficient (Wildman–Crippen LogP) is -1.68. The van der Waals surface area contributed by atoms with Crippen LogP contribution in [0.25, 0.3) is 0 Å². The summed E-state index contributed by atoms with van der Waals surface area (Å²) in [5.41, 5.74) is 5.04. The summed E-state index contributed by atoms with van der Waals surface area (Å²) in [6, 6.07) is -0.837. The van der Waals surface area contributed by atoms with Gasteiger partial charge in [-0.05, 0) is 12.8 Å². The summed E-state index contributed by atoms with van der Waals surface area (Å²) in [5, 5.41) is 20.0. The average Bonchev–Trinajstić information content (AvgIpc) is 2.21. The molecular formula is C9H15N4O4. The van der Waals surface area contributed by atoms with Crippen molar-refractivity contribution >= 4 is 24.1 Å². The Hall–Kier alpha value is -2.12. The van der Waals surface area contributed by atoms with Crippen LogP contribution >= 0.6 is 0 Å². The number of carbonyl (C=O) groups excluding carboxylic acids is 2. The molecular weight excluding hydrogens is 228 g/mol. The van der Waals surface area contributed by atoms with Gasteiger partial charge in [0.1, 0.15) is 6.42 Å². The Bertz CT molecular complexity index is 305. The number of aliphatic carboxylic acids is 1. The summed E-state index contributed by atoms with van der Waals surface area (Å²) in [4.78, 5) is 31.7. The summed E-state index contributed by atoms with van der Waals surface area (Å²) in [6.45, 7) is 0.391. The van der Waals surface area contributed by atoms with Crippen molar-refractivity contribution in [3.8, 4) is 0 Å². The third kappa shape index (κ3) is 8.85. The first-order valence-corrected chi connectivity index (χ1v) is 4.92. The first-order chi connectivity index (χ1) is 7.95. The molecule has 0 aromatic heterocycles. The van der Waals surface area contributed by atoms with E-state index in [-0.39, 0.29) is 5.96 Å². The SMILES string of the molecule is N=C(N)NCCC[C@@H]([C]=O)NC(=O)CC(=O)O. The topological polar surface area (TPSA) is 145 Å². The second-order valence-corrected chi connectivity index (χ2v) is 3.29. The Labute approximate surface area is 98.1 Å². The van der Waals surface area contributed by atoms with E-state index < -0.39 is 24.3 Å². The van der Waals surface area contributed by atoms with Crippen LogP contribution in [-0.4, -0.2) is 41.8 Å². The second-order valence-electron chi connectivity index (χ2n) is 3.29. The monoisotopic (exact) mass is 243 g/mol. The number of hydrogen-bond acceptors (Lipinski definition) is 4. The van der Waals surface area contributed by atoms with Crippen LogP contribution in [-0.2, 0) is 14.4 Å². The maximum atomic E-state index is 11.0. The fraction of sp³-hybridized carbons (Fsp3) is 0.556. The Morgan fingerprint density at radius 1 is 1.47 bits per heavy atom. The van der Waals surface area contributed by atoms with Gasteiger partial charge in [0, 0.05) is 6.54 Å². The lowest BCUT2D eigenvalue weighted by molar-refractivity contribution is -0.140. The van der Waals surface area contributed by atoms with Crippen LogP contribution in [0, 0.1) is 5.41 Å². The van der Waals surface area contributed by atoms with E-state index in [9.17, 15) is 14.4 Å². The Morgan fingerprint density at radius 3 is 2.59 bits per heavy atom. The van der Waals surface area contributed by atoms with Crippen LogP contribution in [0.5, 0.6) is 0 Å². The van der Waals surface area contributed by atoms with E-state index in [4.69, 9.17) is 16.2 Å². The van der Waals surface area contributed by atoms with E-state index in [0.29, 0.717) is 19.4 Å². The highest BCUT2D eigenvalue weighted by Crippen LogP contribution is 1.94. The van der Waals surface area contributed by atoms with Crippen LogP contribution < -0.4 is 16.4 Å². The van der Waals surface area contributed by atoms with Crippen molar-refractivity contribution in [3.63, 3.8) is 0 Å². The van der Waals surface area contributed by atoms with Gasteiger partial charge in [-0.15, -0.1) is 0 Å². The molecule has 0 spiro atoms. The number of carboxylic acids is 1. The zero-order valence-corrected chi connectivity index (χ0v) is 9.16. The van der Waals surface area contributed by atoms with Crippen molar-refractivity contribution < 1.29 is 19.5 Å². The first-order valence-electron chi connectivity index (χ1n) is 4.92. The van der Waals surface area contributed by atoms with Gasteiger partial charge in [0.15, 0.2) is 5.96 Å². The molecule has 0 aliphatic heterocycles. The van der Waals surface area contributed by atoms with Crippen molar-refractivity contribution in [2.24, 2.45) is 5.73 Å². The van der Waals surface area contributed by atoms with E-state index in [2.05, 4.69) is 10.6 Å². The van der Waals surface area contributed by atoms with Gasteiger partial charge in [-0.3, -0.25) is 19.8 Å². The molecule has 6 N–H and O–H groups in total. The zero-order chi connectivity index (χ0) is 13.3. The van der Waals surface area contributed by atoms with Gasteiger partial charge in [0.05, 0.1) is 6.04 Å². The molecule has 0 saturated carbocycles. The molecule has 0 aliphatic rings. The molecule has 0 rings (SSSR count). The van der Waals surface area contributed by atoms with E-state index in [1.54, 1.807) is 6.29 Å². The number of guanidine groups is 1. The molecule has 17 heavy (non-hydrogen) atoms. The lowest BCUT2D eigenvalue weighted by Gasteiger charge is -2.11. The average molecular weight is 243 g/mol. The van der Waals surface area contributed by atoms with Crippen LogP contribution in [0.3, 0.4) is 0 Å². The van der Waals surface area contributed by atoms with Gasteiger partial charge < -0.3 is 21.5 Å². The van der Waals surface area contributed by atoms with Gasteiger partial charge in [-0.1, -0.05) is 0 Å². The van der Waals surface area contributed by atoms with Crippen LogP contribution in [0.1, 0.15) is 19.3 Å². The molecule has 1 radical (unpaired) electrons. The number of amides is 1. The van der Waals surface area contributed by atoms with Gasteiger partial charge in [0.2, 0.25) is 12.2 Å². The number of hydrogen-bond donors (Lipinski definition) is 5. The predicted molar refractivity (Wildman–Crippen MR) is 59.0 cm³/mol. The molecule has 0 fully saturated rings. The Kier molecular flexibility index (Phi) is 7.07. The van der Waals surface area contributed by atoms with Gasteiger partial charge in [-0.2, -0.15) is 0 Å². The summed E-state index contributed by atoms with van der Waals surface area (Å²) in [7, 11) is 0. The molecule has 0 aromatic carbocycles. The van der Waals surface area contributed by atoms with Crippen molar-refractivity contribution in [2.75, 3.05) is 6.54 Å². The van der Waals surface area contributed by atoms with Gasteiger partial charge in [-0.25, -0.2) is 0 Å². The number of carboxylic acid groups (broad SMARTS) is 1. The molecule has 95 valence electrons. The molecule has 0 aromatic rings. The Balaban J connectivity index is 3.83. The molecule has 1 amide bonds. The summed E-state index contributed by atoms with van der Waals surface area (Å²) < 4.78 is 0. The largest absolute Gasteiger partial charge is 0.481 e. The highest BCUT2D eigenvalue weighted by molar-refractivity contribution is 5.94. The fourth-order valence-electron chi connectivity index (χ4n) is 1.07. The minimum absolute atomic E-state index is 0.174. The molecule has 8 nitrogen and oxygen atoms in total. The quantitative estimate of drug-likeness (QED) is 0.149. The van der Waals surface area contributed by atoms with Crippen molar-refractivity contribution in [3.05, 3.63) is 0 Å². The Morgan fingerprint density at radius 2 is 2.12 bits per heavy atom. The standard InChI is InChI=1S/C9H15N4O4/c10-9(11)12-3-1-2-6(5-14)13-7(15)4-8(16)17/h6H,1-4H2,(H,13,15)(H,16,17)(H4,10,11,12)/t6-/m0/s1. The minimum Gasteiger partial charge on any atom is -0.481 e. The lowest BCUT2D eigenvalue weighted by Crippen LogP contribution is -2.38. The lowest BCUT2D eigenvalue weighted by atomic mass is 10.1. The molecule has 0 unspecified atom stereocenters. The fourth-order valence-corrected chi connectivity index (χ4v) is 1.07. The zero-order valence-electron chi connectivity index (χ0n) is 9.16. The van der Waals surface area contributed by atoms with E-state index in [1.165, 1.54) is 0 Å². The molecule has 0 aliphatic carbocycles. The van der Waals surface area contributed by atoms with Crippen LogP contribution in [0.2, 0.25) is 0 Å². The van der Waals surface area contributed by atoms with Crippen LogP contribution in [0.15, 0.2) is 0 Å². The maximum absolute atomic E-state index is 11.0. The van der Waals surface area contributed by atoms with E-state index >= 15 is 0 Å². The number of rotatable bonds is 8. The number of nitrogens with one attached hydrogen (secondary N) is 3. The van der Waals surface area contributed by atoms with Gasteiger partial charge >= 0.3 is 5.97 Å². The maximum Gasteiger partial charge on any atom is 0.312 e. The third-order valence-electron chi connectivity index (χ3n) is 1.77. The molecule has 1 atom stereocenters. The summed E-state index contributed by atoms with van der Waals surface area (Å²) in [5.74, 6) is -2.16. The smallest absolute Gasteiger partial charge is 0.312 e. The molecule has 8 heteroatoms. The highest BCUT2D eigenvalue weighted by Gasteiger charge is 2.14. The first kappa shape index (κ1) is 14.9. The van der Waals surface area contributed by atoms with E-state index in [0.717, 1.165) is 0 Å². The highest BCUT2D eigenvalue weighted by atomic mass is 16.4. The van der Waals surface area contributed by atoms with Gasteiger partial charge in [0.25, 0.3) is 0 Å². The molecule has 0 bridgehead atoms. The molecule has 0 heterocycles. The summed E-state index contributed by atoms with van der Waals surface area (Å²) >= 11 is 0. The van der Waals surface area contributed by atoms with Crippen LogP contribution in [0.4, 0.5) is 0 Å². The van der Waals surface area contributed by atoms with Crippen molar-refractivity contribution in [1.29, 1.82) is 5.41 Å².